The first-order valence-electron chi connectivity index (χ1n) is 6.92. The van der Waals surface area contributed by atoms with E-state index >= 15 is 0 Å². The lowest BCUT2D eigenvalue weighted by molar-refractivity contribution is 0.261. The van der Waals surface area contributed by atoms with Gasteiger partial charge in [-0.25, -0.2) is 0 Å². The molecule has 3 heteroatoms. The highest BCUT2D eigenvalue weighted by Gasteiger charge is 2.06. The molecule has 1 rings (SSSR count). The minimum atomic E-state index is 0.701. The fourth-order valence-corrected chi connectivity index (χ4v) is 2.22. The van der Waals surface area contributed by atoms with Gasteiger partial charge in [0.25, 0.3) is 0 Å². The minimum absolute atomic E-state index is 0.701. The molecule has 0 saturated carbocycles. The van der Waals surface area contributed by atoms with Crippen LogP contribution in [-0.4, -0.2) is 31.1 Å². The van der Waals surface area contributed by atoms with Crippen LogP contribution in [0.1, 0.15) is 17.5 Å². The van der Waals surface area contributed by atoms with Gasteiger partial charge in [0.1, 0.15) is 5.75 Å². The Morgan fingerprint density at radius 3 is 2.40 bits per heavy atom. The SMILES string of the molecule is C=CCN(CC=C)CCCOc1ccc(Cl)c(C)c1C. The number of rotatable bonds is 9. The summed E-state index contributed by atoms with van der Waals surface area (Å²) < 4.78 is 5.84. The van der Waals surface area contributed by atoms with Crippen LogP contribution in [0.25, 0.3) is 0 Å². The summed E-state index contributed by atoms with van der Waals surface area (Å²) in [6, 6.07) is 3.83. The minimum Gasteiger partial charge on any atom is -0.493 e. The van der Waals surface area contributed by atoms with Crippen molar-refractivity contribution in [3.8, 4) is 5.75 Å². The third kappa shape index (κ3) is 5.03. The molecule has 0 N–H and O–H groups in total. The van der Waals surface area contributed by atoms with E-state index in [0.717, 1.165) is 48.0 Å². The van der Waals surface area contributed by atoms with Crippen molar-refractivity contribution in [1.82, 2.24) is 4.90 Å². The fourth-order valence-electron chi connectivity index (χ4n) is 2.01. The first kappa shape index (κ1) is 16.8. The highest BCUT2D eigenvalue weighted by atomic mass is 35.5. The van der Waals surface area contributed by atoms with Crippen LogP contribution < -0.4 is 4.74 Å². The van der Waals surface area contributed by atoms with Crippen molar-refractivity contribution < 1.29 is 4.74 Å². The molecule has 0 unspecified atom stereocenters. The van der Waals surface area contributed by atoms with Crippen molar-refractivity contribution >= 4 is 11.6 Å². The van der Waals surface area contributed by atoms with Crippen LogP contribution in [0.3, 0.4) is 0 Å². The van der Waals surface area contributed by atoms with E-state index in [2.05, 4.69) is 18.1 Å². The Balaban J connectivity index is 2.42. The molecule has 0 bridgehead atoms. The molecule has 1 aromatic rings. The predicted octanol–water partition coefficient (Wildman–Crippen LogP) is 4.40. The number of ether oxygens (including phenoxy) is 1. The maximum absolute atomic E-state index is 6.08. The molecule has 0 aliphatic carbocycles. The Morgan fingerprint density at radius 1 is 1.15 bits per heavy atom. The molecule has 20 heavy (non-hydrogen) atoms. The van der Waals surface area contributed by atoms with Crippen molar-refractivity contribution in [2.45, 2.75) is 20.3 Å². The van der Waals surface area contributed by atoms with Gasteiger partial charge in [0, 0.05) is 24.7 Å². The summed E-state index contributed by atoms with van der Waals surface area (Å²) in [7, 11) is 0. The molecule has 110 valence electrons. The van der Waals surface area contributed by atoms with Crippen molar-refractivity contribution in [1.29, 1.82) is 0 Å². The number of hydrogen-bond acceptors (Lipinski definition) is 2. The smallest absolute Gasteiger partial charge is 0.122 e. The number of hydrogen-bond donors (Lipinski definition) is 0. The summed E-state index contributed by atoms with van der Waals surface area (Å²) in [5, 5.41) is 0.790. The quantitative estimate of drug-likeness (QED) is 0.494. The molecule has 0 radical (unpaired) electrons. The van der Waals surface area contributed by atoms with Crippen LogP contribution in [-0.2, 0) is 0 Å². The van der Waals surface area contributed by atoms with E-state index in [9.17, 15) is 0 Å². The van der Waals surface area contributed by atoms with Gasteiger partial charge in [-0.3, -0.25) is 4.90 Å². The molecule has 0 aliphatic heterocycles. The van der Waals surface area contributed by atoms with E-state index in [1.54, 1.807) is 0 Å². The van der Waals surface area contributed by atoms with Crippen LogP contribution >= 0.6 is 11.6 Å². The third-order valence-corrected chi connectivity index (χ3v) is 3.73. The monoisotopic (exact) mass is 293 g/mol. The van der Waals surface area contributed by atoms with E-state index in [0.29, 0.717) is 6.61 Å². The van der Waals surface area contributed by atoms with Gasteiger partial charge in [-0.2, -0.15) is 0 Å². The maximum atomic E-state index is 6.08. The summed E-state index contributed by atoms with van der Waals surface area (Å²) in [6.45, 7) is 15.0. The Labute approximate surface area is 127 Å². The number of benzene rings is 1. The largest absolute Gasteiger partial charge is 0.493 e. The molecule has 0 amide bonds. The van der Waals surface area contributed by atoms with Gasteiger partial charge in [-0.15, -0.1) is 13.2 Å². The Hall–Kier alpha value is -1.25. The van der Waals surface area contributed by atoms with Gasteiger partial charge in [-0.1, -0.05) is 23.8 Å². The van der Waals surface area contributed by atoms with Crippen molar-refractivity contribution in [3.05, 3.63) is 53.6 Å². The van der Waals surface area contributed by atoms with Crippen molar-refractivity contribution in [2.24, 2.45) is 0 Å². The lowest BCUT2D eigenvalue weighted by atomic mass is 10.1. The van der Waals surface area contributed by atoms with E-state index in [4.69, 9.17) is 16.3 Å². The van der Waals surface area contributed by atoms with Crippen LogP contribution in [0.5, 0.6) is 5.75 Å². The Kier molecular flexibility index (Phi) is 7.42. The van der Waals surface area contributed by atoms with Crippen LogP contribution in [0, 0.1) is 13.8 Å². The van der Waals surface area contributed by atoms with E-state index in [1.165, 1.54) is 0 Å². The van der Waals surface area contributed by atoms with Crippen LogP contribution in [0.4, 0.5) is 0 Å². The third-order valence-electron chi connectivity index (χ3n) is 3.32. The topological polar surface area (TPSA) is 12.5 Å². The Bertz CT molecular complexity index is 447. The second-order valence-electron chi connectivity index (χ2n) is 4.83. The van der Waals surface area contributed by atoms with Gasteiger partial charge in [-0.05, 0) is 43.5 Å². The zero-order valence-electron chi connectivity index (χ0n) is 12.5. The maximum Gasteiger partial charge on any atom is 0.122 e. The second-order valence-corrected chi connectivity index (χ2v) is 5.24. The summed E-state index contributed by atoms with van der Waals surface area (Å²) in [4.78, 5) is 2.28. The zero-order chi connectivity index (χ0) is 15.0. The highest BCUT2D eigenvalue weighted by molar-refractivity contribution is 6.31. The normalized spacial score (nSPS) is 10.6. The highest BCUT2D eigenvalue weighted by Crippen LogP contribution is 2.27. The van der Waals surface area contributed by atoms with Gasteiger partial charge in [0.05, 0.1) is 6.61 Å². The van der Waals surface area contributed by atoms with Gasteiger partial charge in [0.2, 0.25) is 0 Å². The molecular weight excluding hydrogens is 270 g/mol. The lowest BCUT2D eigenvalue weighted by Crippen LogP contribution is -2.26. The van der Waals surface area contributed by atoms with E-state index < -0.39 is 0 Å². The molecule has 0 aliphatic rings. The molecule has 0 saturated heterocycles. The molecule has 0 atom stereocenters. The first-order valence-corrected chi connectivity index (χ1v) is 7.30. The van der Waals surface area contributed by atoms with Gasteiger partial charge < -0.3 is 4.74 Å². The standard InChI is InChI=1S/C17H24ClNO/c1-5-10-19(11-6-2)12-7-13-20-17-9-8-16(18)14(3)15(17)4/h5-6,8-9H,1-2,7,10-13H2,3-4H3. The molecule has 0 aromatic heterocycles. The zero-order valence-corrected chi connectivity index (χ0v) is 13.2. The van der Waals surface area contributed by atoms with Crippen molar-refractivity contribution in [3.63, 3.8) is 0 Å². The molecule has 0 fully saturated rings. The summed E-state index contributed by atoms with van der Waals surface area (Å²) in [5.74, 6) is 0.922. The molecule has 2 nitrogen and oxygen atoms in total. The van der Waals surface area contributed by atoms with E-state index in [1.807, 2.05) is 38.1 Å². The fraction of sp³-hybridized carbons (Fsp3) is 0.412. The molecule has 0 spiro atoms. The average Bonchev–Trinajstić information content (AvgIpc) is 2.43. The van der Waals surface area contributed by atoms with Crippen molar-refractivity contribution in [2.75, 3.05) is 26.2 Å². The Morgan fingerprint density at radius 2 is 1.80 bits per heavy atom. The van der Waals surface area contributed by atoms with Gasteiger partial charge >= 0.3 is 0 Å². The lowest BCUT2D eigenvalue weighted by Gasteiger charge is -2.19. The van der Waals surface area contributed by atoms with E-state index in [-0.39, 0.29) is 0 Å². The molecule has 1 aromatic carbocycles. The average molecular weight is 294 g/mol. The molecule has 0 heterocycles. The summed E-state index contributed by atoms with van der Waals surface area (Å²) in [5.41, 5.74) is 2.20. The van der Waals surface area contributed by atoms with Crippen LogP contribution in [0.15, 0.2) is 37.4 Å². The first-order chi connectivity index (χ1) is 9.60. The van der Waals surface area contributed by atoms with Gasteiger partial charge in [0.15, 0.2) is 0 Å². The number of halogens is 1. The summed E-state index contributed by atoms with van der Waals surface area (Å²) >= 11 is 6.08. The van der Waals surface area contributed by atoms with Crippen LogP contribution in [0.2, 0.25) is 5.02 Å². The number of nitrogens with zero attached hydrogens (tertiary/aromatic N) is 1. The second kappa shape index (κ2) is 8.83. The predicted molar refractivity (Wildman–Crippen MR) is 87.9 cm³/mol. The summed E-state index contributed by atoms with van der Waals surface area (Å²) in [6.07, 6.45) is 4.80. The molecular formula is C17H24ClNO.